The van der Waals surface area contributed by atoms with Crippen molar-refractivity contribution in [2.75, 3.05) is 0 Å². The molecule has 0 unspecified atom stereocenters. The number of hydrogen-bond acceptors (Lipinski definition) is 0. The number of fused-ring (bicyclic) bond motifs is 9. The quantitative estimate of drug-likeness (QED) is 0.167. The van der Waals surface area contributed by atoms with Gasteiger partial charge in [0.05, 0.1) is 22.1 Å². The van der Waals surface area contributed by atoms with E-state index in [-0.39, 0.29) is 27.1 Å². The third-order valence-electron chi connectivity index (χ3n) is 13.2. The van der Waals surface area contributed by atoms with Gasteiger partial charge < -0.3 is 9.13 Å². The summed E-state index contributed by atoms with van der Waals surface area (Å²) in [5, 5.41) is 5.30. The van der Waals surface area contributed by atoms with Gasteiger partial charge in [0, 0.05) is 38.3 Å². The van der Waals surface area contributed by atoms with Gasteiger partial charge in [0.15, 0.2) is 0 Å². The van der Waals surface area contributed by atoms with Crippen molar-refractivity contribution >= 4 is 43.6 Å². The van der Waals surface area contributed by atoms with Crippen LogP contribution in [0.25, 0.3) is 66.1 Å². The lowest BCUT2D eigenvalue weighted by Gasteiger charge is -2.23. The highest BCUT2D eigenvalue weighted by Crippen LogP contribution is 2.51. The second-order valence-corrected chi connectivity index (χ2v) is 21.7. The first-order chi connectivity index (χ1) is 26.5. The molecule has 9 rings (SSSR count). The molecule has 0 N–H and O–H groups in total. The number of hydrogen-bond donors (Lipinski definition) is 0. The second kappa shape index (κ2) is 12.0. The molecule has 1 aliphatic rings. The average Bonchev–Trinajstić information content (AvgIpc) is 3.71. The highest BCUT2D eigenvalue weighted by Gasteiger charge is 2.36. The molecule has 2 aromatic heterocycles. The van der Waals surface area contributed by atoms with Crippen LogP contribution in [0.1, 0.15) is 130 Å². The van der Waals surface area contributed by atoms with E-state index < -0.39 is 0 Å². The zero-order valence-corrected chi connectivity index (χ0v) is 36.8. The summed E-state index contributed by atoms with van der Waals surface area (Å²) in [7, 11) is 0. The van der Waals surface area contributed by atoms with E-state index in [0.717, 1.165) is 0 Å². The van der Waals surface area contributed by atoms with E-state index in [9.17, 15) is 0 Å². The van der Waals surface area contributed by atoms with E-state index in [0.29, 0.717) is 0 Å². The third kappa shape index (κ3) is 5.80. The van der Waals surface area contributed by atoms with Crippen molar-refractivity contribution in [3.63, 3.8) is 0 Å². The Balaban J connectivity index is 1.21. The molecule has 6 aromatic carbocycles. The molecule has 2 heterocycles. The van der Waals surface area contributed by atoms with Crippen LogP contribution in [0.3, 0.4) is 0 Å². The van der Waals surface area contributed by atoms with Crippen LogP contribution in [-0.4, -0.2) is 9.13 Å². The van der Waals surface area contributed by atoms with Crippen LogP contribution < -0.4 is 0 Å². The summed E-state index contributed by atoms with van der Waals surface area (Å²) in [6.45, 7) is 32.6. The van der Waals surface area contributed by atoms with Gasteiger partial charge in [-0.1, -0.05) is 133 Å². The van der Waals surface area contributed by atoms with Crippen molar-refractivity contribution in [3.8, 4) is 22.5 Å². The van der Waals surface area contributed by atoms with Gasteiger partial charge in [-0.2, -0.15) is 0 Å². The predicted molar refractivity (Wildman–Crippen MR) is 247 cm³/mol. The fraction of sp³-hybridized carbons (Fsp3) is 0.345. The van der Waals surface area contributed by atoms with Gasteiger partial charge in [-0.3, -0.25) is 0 Å². The number of nitrogens with zero attached hydrogens (tertiary/aromatic N) is 2. The van der Waals surface area contributed by atoms with E-state index in [1.165, 1.54) is 99.5 Å². The Bertz CT molecular complexity index is 2600. The van der Waals surface area contributed by atoms with Gasteiger partial charge >= 0.3 is 0 Å². The summed E-state index contributed by atoms with van der Waals surface area (Å²) in [5.41, 5.74) is 18.4. The Morgan fingerprint density at radius 2 is 0.596 bits per heavy atom. The zero-order chi connectivity index (χ0) is 40.8. The van der Waals surface area contributed by atoms with Crippen molar-refractivity contribution in [2.24, 2.45) is 0 Å². The van der Waals surface area contributed by atoms with Crippen molar-refractivity contribution in [2.45, 2.75) is 124 Å². The summed E-state index contributed by atoms with van der Waals surface area (Å²) in [4.78, 5) is 0. The molecule has 57 heavy (non-hydrogen) atoms. The highest BCUT2D eigenvalue weighted by molar-refractivity contribution is 6.11. The molecule has 2 heteroatoms. The minimum atomic E-state index is -0.189. The Labute approximate surface area is 340 Å². The van der Waals surface area contributed by atoms with Crippen molar-refractivity contribution in [3.05, 3.63) is 143 Å². The Morgan fingerprint density at radius 1 is 0.333 bits per heavy atom. The predicted octanol–water partition coefficient (Wildman–Crippen LogP) is 15.4. The molecule has 0 amide bonds. The van der Waals surface area contributed by atoms with Crippen molar-refractivity contribution in [1.29, 1.82) is 0 Å². The molecule has 2 nitrogen and oxygen atoms in total. The van der Waals surface area contributed by atoms with E-state index >= 15 is 0 Å². The smallest absolute Gasteiger partial charge is 0.0541 e. The van der Waals surface area contributed by atoms with Gasteiger partial charge in [-0.05, 0) is 139 Å². The normalized spacial score (nSPS) is 14.6. The van der Waals surface area contributed by atoms with Gasteiger partial charge in [-0.15, -0.1) is 0 Å². The summed E-state index contributed by atoms with van der Waals surface area (Å²) in [6.07, 6.45) is 0. The first kappa shape index (κ1) is 37.5. The first-order valence-electron chi connectivity index (χ1n) is 21.0. The molecule has 290 valence electrons. The second-order valence-electron chi connectivity index (χ2n) is 21.7. The number of rotatable bonds is 2. The summed E-state index contributed by atoms with van der Waals surface area (Å²) in [6, 6.07) is 42.9. The molecule has 0 spiro atoms. The van der Waals surface area contributed by atoms with E-state index in [1.54, 1.807) is 0 Å². The number of benzene rings is 6. The van der Waals surface area contributed by atoms with E-state index in [4.69, 9.17) is 0 Å². The summed E-state index contributed by atoms with van der Waals surface area (Å²) >= 11 is 0. The SMILES string of the molecule is CC(C)(C)c1ccc2c(c1)c1cc(C(C)(C)C)ccc1n2-c1ccc2c(c1)C(C)(C)c1cc(-n3c4ccc(C(C)(C)C)cc4c4cc(C(C)(C)C)ccc43)ccc1-2. The molecular formula is C55H60N2. The zero-order valence-electron chi connectivity index (χ0n) is 36.8. The maximum Gasteiger partial charge on any atom is 0.0541 e. The molecule has 0 saturated carbocycles. The van der Waals surface area contributed by atoms with Crippen LogP contribution in [0.15, 0.2) is 109 Å². The van der Waals surface area contributed by atoms with Crippen LogP contribution >= 0.6 is 0 Å². The van der Waals surface area contributed by atoms with Crippen LogP contribution in [-0.2, 0) is 27.1 Å². The lowest BCUT2D eigenvalue weighted by Crippen LogP contribution is -2.16. The molecule has 0 atom stereocenters. The Hall–Kier alpha value is -5.08. The summed E-state index contributed by atoms with van der Waals surface area (Å²) in [5.74, 6) is 0. The highest BCUT2D eigenvalue weighted by atomic mass is 15.0. The number of aromatic nitrogens is 2. The Kier molecular flexibility index (Phi) is 7.88. The maximum absolute atomic E-state index is 2.50. The largest absolute Gasteiger partial charge is 0.309 e. The fourth-order valence-electron chi connectivity index (χ4n) is 9.46. The maximum atomic E-state index is 2.50. The molecule has 0 fully saturated rings. The van der Waals surface area contributed by atoms with Gasteiger partial charge in [0.2, 0.25) is 0 Å². The molecule has 0 saturated heterocycles. The topological polar surface area (TPSA) is 9.86 Å². The van der Waals surface area contributed by atoms with Crippen LogP contribution in [0.4, 0.5) is 0 Å². The van der Waals surface area contributed by atoms with Crippen molar-refractivity contribution < 1.29 is 0 Å². The standard InChI is InChI=1S/C55H60N2/c1-51(2,3)33-15-23-47-41(27-33)42-28-34(52(4,5)6)16-24-48(42)56(47)37-19-21-39-40-22-20-38(32-46(40)55(13,14)45(39)31-37)57-49-25-17-35(53(7,8)9)29-43(49)44-30-36(54(10,11)12)18-26-50(44)57/h15-32H,1-14H3. The molecule has 0 radical (unpaired) electrons. The summed E-state index contributed by atoms with van der Waals surface area (Å²) < 4.78 is 5.01. The molecule has 8 aromatic rings. The molecule has 1 aliphatic carbocycles. The van der Waals surface area contributed by atoms with E-state index in [2.05, 4.69) is 215 Å². The van der Waals surface area contributed by atoms with Gasteiger partial charge in [0.25, 0.3) is 0 Å². The van der Waals surface area contributed by atoms with E-state index in [1.807, 2.05) is 0 Å². The first-order valence-corrected chi connectivity index (χ1v) is 21.0. The average molecular weight is 749 g/mol. The van der Waals surface area contributed by atoms with Crippen LogP contribution in [0.2, 0.25) is 0 Å². The molecule has 0 aliphatic heterocycles. The van der Waals surface area contributed by atoms with Crippen LogP contribution in [0.5, 0.6) is 0 Å². The lowest BCUT2D eigenvalue weighted by molar-refractivity contribution is 0.590. The third-order valence-corrected chi connectivity index (χ3v) is 13.2. The minimum Gasteiger partial charge on any atom is -0.309 e. The molecule has 0 bridgehead atoms. The Morgan fingerprint density at radius 3 is 0.842 bits per heavy atom. The molecular weight excluding hydrogens is 689 g/mol. The van der Waals surface area contributed by atoms with Gasteiger partial charge in [0.1, 0.15) is 0 Å². The minimum absolute atomic E-state index is 0.0659. The van der Waals surface area contributed by atoms with Crippen LogP contribution in [0, 0.1) is 0 Å². The lowest BCUT2D eigenvalue weighted by atomic mass is 9.82. The van der Waals surface area contributed by atoms with Gasteiger partial charge in [-0.25, -0.2) is 0 Å². The fourth-order valence-corrected chi connectivity index (χ4v) is 9.46. The van der Waals surface area contributed by atoms with Crippen molar-refractivity contribution in [1.82, 2.24) is 9.13 Å². The monoisotopic (exact) mass is 748 g/mol.